The first-order valence-corrected chi connectivity index (χ1v) is 12.7. The van der Waals surface area contributed by atoms with E-state index in [1.54, 1.807) is 18.0 Å². The number of hydrogen-bond donors (Lipinski definition) is 2. The fourth-order valence-electron chi connectivity index (χ4n) is 3.84. The summed E-state index contributed by atoms with van der Waals surface area (Å²) in [5, 5.41) is 7.34. The fourth-order valence-corrected chi connectivity index (χ4v) is 4.72. The minimum Gasteiger partial charge on any atom is -0.489 e. The molecule has 7 heteroatoms. The average Bonchev–Trinajstić information content (AvgIpc) is 2.90. The van der Waals surface area contributed by atoms with Gasteiger partial charge in [-0.3, -0.25) is 4.79 Å². The zero-order chi connectivity index (χ0) is 25.6. The topological polar surface area (TPSA) is 76.1 Å². The van der Waals surface area contributed by atoms with E-state index in [2.05, 4.69) is 26.7 Å². The summed E-state index contributed by atoms with van der Waals surface area (Å²) < 4.78 is 6.12. The van der Waals surface area contributed by atoms with Crippen LogP contribution in [-0.4, -0.2) is 15.9 Å². The van der Waals surface area contributed by atoms with Gasteiger partial charge in [0.25, 0.3) is 0 Å². The summed E-state index contributed by atoms with van der Waals surface area (Å²) in [5.41, 5.74) is 5.33. The molecule has 184 valence electrons. The van der Waals surface area contributed by atoms with E-state index in [4.69, 9.17) is 4.74 Å². The predicted octanol–water partition coefficient (Wildman–Crippen LogP) is 7.37. The summed E-state index contributed by atoms with van der Waals surface area (Å²) in [6, 6.07) is 29.9. The van der Waals surface area contributed by atoms with Crippen molar-refractivity contribution in [1.29, 1.82) is 0 Å². The molecule has 0 fully saturated rings. The summed E-state index contributed by atoms with van der Waals surface area (Å²) in [6.45, 7) is 3.95. The van der Waals surface area contributed by atoms with Crippen LogP contribution in [0.5, 0.6) is 5.75 Å². The lowest BCUT2D eigenvalue weighted by molar-refractivity contribution is -0.114. The number of fused-ring (bicyclic) bond motifs is 1. The summed E-state index contributed by atoms with van der Waals surface area (Å²) in [4.78, 5) is 22.4. The standard InChI is InChI=1S/C30H26N4O2S/c1-20-8-14-26-27(16-17-31-30(26)32-20)34-28-18-24(36-19-22-6-4-3-5-7-22)11-15-29(28)37-25-12-9-23(10-13-25)33-21(2)35/h3-18H,19H2,1-2H3,(H,33,35)(H,31,32,34). The number of hydrogen-bond acceptors (Lipinski definition) is 6. The van der Waals surface area contributed by atoms with Crippen LogP contribution in [0.25, 0.3) is 11.0 Å². The van der Waals surface area contributed by atoms with Crippen LogP contribution in [-0.2, 0) is 11.4 Å². The minimum atomic E-state index is -0.0905. The number of aryl methyl sites for hydroxylation is 1. The third-order valence-electron chi connectivity index (χ3n) is 5.61. The quantitative estimate of drug-likeness (QED) is 0.229. The molecule has 0 unspecified atom stereocenters. The Morgan fingerprint density at radius 3 is 2.51 bits per heavy atom. The van der Waals surface area contributed by atoms with Crippen LogP contribution in [0.1, 0.15) is 18.2 Å². The Hall–Kier alpha value is -4.36. The number of aromatic nitrogens is 2. The summed E-state index contributed by atoms with van der Waals surface area (Å²) in [7, 11) is 0. The lowest BCUT2D eigenvalue weighted by atomic mass is 10.2. The van der Waals surface area contributed by atoms with E-state index in [-0.39, 0.29) is 5.91 Å². The molecule has 0 atom stereocenters. The Labute approximate surface area is 220 Å². The number of carbonyl (C=O) groups excluding carboxylic acids is 1. The van der Waals surface area contributed by atoms with Gasteiger partial charge in [0.2, 0.25) is 5.91 Å². The molecule has 0 saturated carbocycles. The van der Waals surface area contributed by atoms with Gasteiger partial charge in [-0.1, -0.05) is 42.1 Å². The maximum atomic E-state index is 11.3. The van der Waals surface area contributed by atoms with E-state index in [1.165, 1.54) is 6.92 Å². The first-order valence-electron chi connectivity index (χ1n) is 11.9. The molecule has 0 spiro atoms. The maximum Gasteiger partial charge on any atom is 0.221 e. The first-order chi connectivity index (χ1) is 18.0. The molecule has 0 saturated heterocycles. The maximum absolute atomic E-state index is 11.3. The summed E-state index contributed by atoms with van der Waals surface area (Å²) >= 11 is 1.63. The van der Waals surface area contributed by atoms with Crippen LogP contribution < -0.4 is 15.4 Å². The van der Waals surface area contributed by atoms with Crippen LogP contribution in [0.15, 0.2) is 107 Å². The lowest BCUT2D eigenvalue weighted by Crippen LogP contribution is -2.05. The number of ether oxygens (including phenoxy) is 1. The van der Waals surface area contributed by atoms with Crippen molar-refractivity contribution < 1.29 is 9.53 Å². The second-order valence-electron chi connectivity index (χ2n) is 8.55. The number of pyridine rings is 2. The first kappa shape index (κ1) is 24.3. The van der Waals surface area contributed by atoms with Crippen LogP contribution in [0.4, 0.5) is 17.1 Å². The van der Waals surface area contributed by atoms with Gasteiger partial charge < -0.3 is 15.4 Å². The van der Waals surface area contributed by atoms with Gasteiger partial charge in [0.1, 0.15) is 12.4 Å². The fraction of sp³-hybridized carbons (Fsp3) is 0.100. The largest absolute Gasteiger partial charge is 0.489 e. The highest BCUT2D eigenvalue weighted by molar-refractivity contribution is 7.99. The van der Waals surface area contributed by atoms with Crippen molar-refractivity contribution in [2.45, 2.75) is 30.2 Å². The third-order valence-corrected chi connectivity index (χ3v) is 6.70. The highest BCUT2D eigenvalue weighted by Crippen LogP contribution is 2.38. The van der Waals surface area contributed by atoms with Gasteiger partial charge in [-0.05, 0) is 67.1 Å². The van der Waals surface area contributed by atoms with Crippen LogP contribution in [0.2, 0.25) is 0 Å². The second kappa shape index (κ2) is 11.1. The second-order valence-corrected chi connectivity index (χ2v) is 9.66. The monoisotopic (exact) mass is 506 g/mol. The van der Waals surface area contributed by atoms with Crippen molar-refractivity contribution in [3.8, 4) is 5.75 Å². The molecule has 0 aliphatic carbocycles. The number of benzene rings is 3. The van der Waals surface area contributed by atoms with Crippen LogP contribution in [0, 0.1) is 6.92 Å². The molecule has 3 aromatic carbocycles. The van der Waals surface area contributed by atoms with Gasteiger partial charge in [-0.25, -0.2) is 9.97 Å². The number of anilines is 3. The molecule has 0 bridgehead atoms. The molecule has 37 heavy (non-hydrogen) atoms. The third kappa shape index (κ3) is 6.26. The van der Waals surface area contributed by atoms with E-state index in [1.807, 2.05) is 91.9 Å². The number of carbonyl (C=O) groups is 1. The molecule has 6 nitrogen and oxygen atoms in total. The summed E-state index contributed by atoms with van der Waals surface area (Å²) in [6.07, 6.45) is 1.76. The molecule has 2 heterocycles. The molecule has 5 aromatic rings. The van der Waals surface area contributed by atoms with Crippen molar-refractivity contribution in [2.24, 2.45) is 0 Å². The van der Waals surface area contributed by atoms with E-state index in [0.29, 0.717) is 12.3 Å². The highest BCUT2D eigenvalue weighted by atomic mass is 32.2. The normalized spacial score (nSPS) is 10.8. The van der Waals surface area contributed by atoms with E-state index < -0.39 is 0 Å². The Morgan fingerprint density at radius 1 is 0.919 bits per heavy atom. The van der Waals surface area contributed by atoms with Gasteiger partial charge in [-0.15, -0.1) is 0 Å². The minimum absolute atomic E-state index is 0.0905. The van der Waals surface area contributed by atoms with Gasteiger partial charge >= 0.3 is 0 Å². The Bertz CT molecular complexity index is 1540. The molecule has 5 rings (SSSR count). The molecule has 0 radical (unpaired) electrons. The smallest absolute Gasteiger partial charge is 0.221 e. The molecular weight excluding hydrogens is 480 g/mol. The van der Waals surface area contributed by atoms with E-state index >= 15 is 0 Å². The van der Waals surface area contributed by atoms with Crippen LogP contribution >= 0.6 is 11.8 Å². The molecule has 2 N–H and O–H groups in total. The molecule has 0 aliphatic heterocycles. The zero-order valence-corrected chi connectivity index (χ0v) is 21.4. The predicted molar refractivity (Wildman–Crippen MR) is 150 cm³/mol. The van der Waals surface area contributed by atoms with Crippen molar-refractivity contribution in [1.82, 2.24) is 9.97 Å². The average molecular weight is 507 g/mol. The van der Waals surface area contributed by atoms with Crippen LogP contribution in [0.3, 0.4) is 0 Å². The Morgan fingerprint density at radius 2 is 1.73 bits per heavy atom. The number of amides is 1. The Balaban J connectivity index is 1.45. The number of rotatable bonds is 8. The van der Waals surface area contributed by atoms with Crippen molar-refractivity contribution in [3.05, 3.63) is 108 Å². The van der Waals surface area contributed by atoms with E-state index in [0.717, 1.165) is 49.2 Å². The molecule has 2 aromatic heterocycles. The zero-order valence-electron chi connectivity index (χ0n) is 20.6. The van der Waals surface area contributed by atoms with Crippen molar-refractivity contribution in [3.63, 3.8) is 0 Å². The SMILES string of the molecule is CC(=O)Nc1ccc(Sc2ccc(OCc3ccccc3)cc2Nc2ccnc3nc(C)ccc23)cc1. The summed E-state index contributed by atoms with van der Waals surface area (Å²) in [5.74, 6) is 0.677. The van der Waals surface area contributed by atoms with Crippen molar-refractivity contribution >= 4 is 45.8 Å². The Kier molecular flexibility index (Phi) is 7.33. The van der Waals surface area contributed by atoms with E-state index in [9.17, 15) is 4.79 Å². The van der Waals surface area contributed by atoms with Gasteiger partial charge in [0.05, 0.1) is 11.4 Å². The lowest BCUT2D eigenvalue weighted by Gasteiger charge is -2.16. The number of nitrogens with one attached hydrogen (secondary N) is 2. The molecule has 1 amide bonds. The highest BCUT2D eigenvalue weighted by Gasteiger charge is 2.11. The van der Waals surface area contributed by atoms with Gasteiger partial charge in [0.15, 0.2) is 5.65 Å². The van der Waals surface area contributed by atoms with Gasteiger partial charge in [0, 0.05) is 45.7 Å². The number of nitrogens with zero attached hydrogens (tertiary/aromatic N) is 2. The molecular formula is C30H26N4O2S. The van der Waals surface area contributed by atoms with Gasteiger partial charge in [-0.2, -0.15) is 0 Å². The molecule has 0 aliphatic rings. The van der Waals surface area contributed by atoms with Crippen molar-refractivity contribution in [2.75, 3.05) is 10.6 Å².